The fourth-order valence-electron chi connectivity index (χ4n) is 0.750. The molecule has 6 heteroatoms. The summed E-state index contributed by atoms with van der Waals surface area (Å²) in [5.74, 6) is 0. The first kappa shape index (κ1) is 13.5. The molecule has 0 aromatic carbocycles. The summed E-state index contributed by atoms with van der Waals surface area (Å²) in [6, 6.07) is 0. The van der Waals surface area contributed by atoms with Gasteiger partial charge in [-0.3, -0.25) is 0 Å². The number of hydrogen-bond donors (Lipinski definition) is 0. The number of carbonyl (C=O) groups is 2. The standard InChI is InChI=1S/C9H17NO5/c1-4-13-8(11)10(3)6-7-15-9(12)14-5-2/h4-7H2,1-3H3. The molecule has 0 rings (SSSR count). The molecular formula is C9H17NO5. The number of carbonyl (C=O) groups excluding carboxylic acids is 2. The van der Waals surface area contributed by atoms with Gasteiger partial charge in [-0.25, -0.2) is 9.59 Å². The smallest absolute Gasteiger partial charge is 0.450 e. The van der Waals surface area contributed by atoms with Crippen LogP contribution in [0, 0.1) is 0 Å². The van der Waals surface area contributed by atoms with E-state index in [0.29, 0.717) is 6.61 Å². The van der Waals surface area contributed by atoms with Crippen molar-refractivity contribution in [3.63, 3.8) is 0 Å². The fraction of sp³-hybridized carbons (Fsp3) is 0.778. The minimum atomic E-state index is -0.727. The number of hydrogen-bond acceptors (Lipinski definition) is 5. The van der Waals surface area contributed by atoms with Crippen LogP contribution in [0.1, 0.15) is 13.8 Å². The maximum Gasteiger partial charge on any atom is 0.508 e. The molecule has 0 aliphatic heterocycles. The van der Waals surface area contributed by atoms with Gasteiger partial charge in [-0.2, -0.15) is 0 Å². The van der Waals surface area contributed by atoms with Crippen molar-refractivity contribution in [1.82, 2.24) is 4.90 Å². The lowest BCUT2D eigenvalue weighted by molar-refractivity contribution is 0.0504. The van der Waals surface area contributed by atoms with Gasteiger partial charge < -0.3 is 19.1 Å². The van der Waals surface area contributed by atoms with Crippen molar-refractivity contribution in [3.05, 3.63) is 0 Å². The molecule has 0 saturated heterocycles. The van der Waals surface area contributed by atoms with Crippen LogP contribution < -0.4 is 0 Å². The summed E-state index contributed by atoms with van der Waals surface area (Å²) < 4.78 is 13.9. The van der Waals surface area contributed by atoms with E-state index in [0.717, 1.165) is 0 Å². The van der Waals surface area contributed by atoms with E-state index >= 15 is 0 Å². The molecule has 6 nitrogen and oxygen atoms in total. The molecule has 88 valence electrons. The second-order valence-corrected chi connectivity index (χ2v) is 2.65. The molecular weight excluding hydrogens is 202 g/mol. The second kappa shape index (κ2) is 7.90. The zero-order valence-corrected chi connectivity index (χ0v) is 9.32. The molecule has 0 saturated carbocycles. The van der Waals surface area contributed by atoms with Crippen LogP contribution in [0.4, 0.5) is 9.59 Å². The van der Waals surface area contributed by atoms with E-state index in [1.54, 1.807) is 20.9 Å². The van der Waals surface area contributed by atoms with Gasteiger partial charge in [0.15, 0.2) is 0 Å². The second-order valence-electron chi connectivity index (χ2n) is 2.65. The lowest BCUT2D eigenvalue weighted by atomic mass is 10.6. The van der Waals surface area contributed by atoms with E-state index in [1.807, 2.05) is 0 Å². The SMILES string of the molecule is CCOC(=O)OCCN(C)C(=O)OCC. The first-order valence-corrected chi connectivity index (χ1v) is 4.79. The molecule has 0 aliphatic carbocycles. The molecule has 0 heterocycles. The van der Waals surface area contributed by atoms with Crippen molar-refractivity contribution in [2.75, 3.05) is 33.4 Å². The van der Waals surface area contributed by atoms with E-state index in [9.17, 15) is 9.59 Å². The minimum Gasteiger partial charge on any atom is -0.450 e. The maximum atomic E-state index is 11.1. The molecule has 0 N–H and O–H groups in total. The molecule has 0 atom stereocenters. The highest BCUT2D eigenvalue weighted by atomic mass is 16.7. The molecule has 0 bridgehead atoms. The third-order valence-electron chi connectivity index (χ3n) is 1.49. The molecule has 0 fully saturated rings. The fourth-order valence-corrected chi connectivity index (χ4v) is 0.750. The Labute approximate surface area is 89.1 Å². The summed E-state index contributed by atoms with van der Waals surface area (Å²) >= 11 is 0. The van der Waals surface area contributed by atoms with Gasteiger partial charge in [0.05, 0.1) is 19.8 Å². The summed E-state index contributed by atoms with van der Waals surface area (Å²) in [6.45, 7) is 4.37. The van der Waals surface area contributed by atoms with E-state index in [1.165, 1.54) is 4.90 Å². The molecule has 0 spiro atoms. The zero-order chi connectivity index (χ0) is 11.7. The monoisotopic (exact) mass is 219 g/mol. The molecule has 0 aromatic rings. The van der Waals surface area contributed by atoms with Crippen LogP contribution in [-0.4, -0.2) is 50.6 Å². The van der Waals surface area contributed by atoms with Crippen LogP contribution in [0.15, 0.2) is 0 Å². The van der Waals surface area contributed by atoms with E-state index in [-0.39, 0.29) is 19.8 Å². The van der Waals surface area contributed by atoms with Gasteiger partial charge >= 0.3 is 12.2 Å². The Balaban J connectivity index is 3.58. The molecule has 0 aliphatic rings. The average molecular weight is 219 g/mol. The first-order chi connectivity index (χ1) is 7.11. The van der Waals surface area contributed by atoms with Crippen LogP contribution in [0.5, 0.6) is 0 Å². The third-order valence-corrected chi connectivity index (χ3v) is 1.49. The van der Waals surface area contributed by atoms with Gasteiger partial charge in [-0.15, -0.1) is 0 Å². The molecule has 15 heavy (non-hydrogen) atoms. The molecule has 0 radical (unpaired) electrons. The molecule has 0 unspecified atom stereocenters. The Hall–Kier alpha value is -1.46. The Bertz CT molecular complexity index is 207. The van der Waals surface area contributed by atoms with Crippen LogP contribution >= 0.6 is 0 Å². The Morgan fingerprint density at radius 1 is 1.07 bits per heavy atom. The molecule has 1 amide bonds. The summed E-state index contributed by atoms with van der Waals surface area (Å²) in [6.07, 6.45) is -1.17. The maximum absolute atomic E-state index is 11.1. The third kappa shape index (κ3) is 6.59. The van der Waals surface area contributed by atoms with Gasteiger partial charge in [0.25, 0.3) is 0 Å². The van der Waals surface area contributed by atoms with Crippen molar-refractivity contribution in [1.29, 1.82) is 0 Å². The summed E-state index contributed by atoms with van der Waals surface area (Å²) in [7, 11) is 1.56. The Kier molecular flexibility index (Phi) is 7.13. The van der Waals surface area contributed by atoms with Gasteiger partial charge in [-0.1, -0.05) is 0 Å². The van der Waals surface area contributed by atoms with Gasteiger partial charge in [0, 0.05) is 7.05 Å². The van der Waals surface area contributed by atoms with Gasteiger partial charge in [0.2, 0.25) is 0 Å². The highest BCUT2D eigenvalue weighted by molar-refractivity contribution is 5.67. The topological polar surface area (TPSA) is 65.1 Å². The number of nitrogens with zero attached hydrogens (tertiary/aromatic N) is 1. The van der Waals surface area contributed by atoms with Gasteiger partial charge in [-0.05, 0) is 13.8 Å². The Morgan fingerprint density at radius 3 is 2.20 bits per heavy atom. The summed E-state index contributed by atoms with van der Waals surface area (Å²) in [4.78, 5) is 23.1. The Morgan fingerprint density at radius 2 is 1.67 bits per heavy atom. The summed E-state index contributed by atoms with van der Waals surface area (Å²) in [5.41, 5.74) is 0. The average Bonchev–Trinajstić information content (AvgIpc) is 2.18. The molecule has 0 aromatic heterocycles. The van der Waals surface area contributed by atoms with Crippen LogP contribution in [0.3, 0.4) is 0 Å². The van der Waals surface area contributed by atoms with Crippen molar-refractivity contribution in [2.24, 2.45) is 0 Å². The highest BCUT2D eigenvalue weighted by Gasteiger charge is 2.09. The van der Waals surface area contributed by atoms with Crippen molar-refractivity contribution >= 4 is 12.2 Å². The van der Waals surface area contributed by atoms with Crippen molar-refractivity contribution in [2.45, 2.75) is 13.8 Å². The normalized spacial score (nSPS) is 9.27. The largest absolute Gasteiger partial charge is 0.508 e. The zero-order valence-electron chi connectivity index (χ0n) is 9.32. The highest BCUT2D eigenvalue weighted by Crippen LogP contribution is 1.91. The quantitative estimate of drug-likeness (QED) is 0.651. The lowest BCUT2D eigenvalue weighted by Gasteiger charge is -2.15. The van der Waals surface area contributed by atoms with Crippen LogP contribution in [-0.2, 0) is 14.2 Å². The number of likely N-dealkylation sites (N-methyl/N-ethyl adjacent to an activating group) is 1. The lowest BCUT2D eigenvalue weighted by Crippen LogP contribution is -2.31. The van der Waals surface area contributed by atoms with Crippen LogP contribution in [0.25, 0.3) is 0 Å². The number of ether oxygens (including phenoxy) is 3. The van der Waals surface area contributed by atoms with Crippen molar-refractivity contribution in [3.8, 4) is 0 Å². The predicted octanol–water partition coefficient (Wildman–Crippen LogP) is 1.25. The van der Waals surface area contributed by atoms with Gasteiger partial charge in [0.1, 0.15) is 6.61 Å². The number of amides is 1. The summed E-state index contributed by atoms with van der Waals surface area (Å²) in [5, 5.41) is 0. The minimum absolute atomic E-state index is 0.0914. The van der Waals surface area contributed by atoms with Crippen LogP contribution in [0.2, 0.25) is 0 Å². The van der Waals surface area contributed by atoms with Crippen molar-refractivity contribution < 1.29 is 23.8 Å². The van der Waals surface area contributed by atoms with E-state index < -0.39 is 12.2 Å². The van der Waals surface area contributed by atoms with E-state index in [4.69, 9.17) is 4.74 Å². The van der Waals surface area contributed by atoms with E-state index in [2.05, 4.69) is 9.47 Å². The number of rotatable bonds is 5. The first-order valence-electron chi connectivity index (χ1n) is 4.79. The predicted molar refractivity (Wildman–Crippen MR) is 52.6 cm³/mol.